The molecule has 0 bridgehead atoms. The molecule has 4 aromatic carbocycles. The molecule has 0 aliphatic carbocycles. The van der Waals surface area contributed by atoms with Gasteiger partial charge in [-0.2, -0.15) is 0 Å². The predicted octanol–water partition coefficient (Wildman–Crippen LogP) is 13.9. The quantitative estimate of drug-likeness (QED) is 0.0988. The molecule has 0 amide bonds. The summed E-state index contributed by atoms with van der Waals surface area (Å²) in [7, 11) is 6.93. The van der Waals surface area contributed by atoms with Crippen LogP contribution in [0, 0.1) is 9.54 Å². The van der Waals surface area contributed by atoms with Crippen LogP contribution in [0.3, 0.4) is 0 Å². The van der Waals surface area contributed by atoms with Crippen molar-refractivity contribution in [3.8, 4) is 34.1 Å². The summed E-state index contributed by atoms with van der Waals surface area (Å²) >= 11 is 21.0. The van der Waals surface area contributed by atoms with Gasteiger partial charge in [0.15, 0.2) is 9.54 Å². The van der Waals surface area contributed by atoms with Crippen LogP contribution in [-0.2, 0) is 0 Å². The van der Waals surface area contributed by atoms with Crippen molar-refractivity contribution in [3.63, 3.8) is 0 Å². The van der Waals surface area contributed by atoms with Gasteiger partial charge in [-0.25, -0.2) is 0 Å². The summed E-state index contributed by atoms with van der Waals surface area (Å²) in [4.78, 5) is 0. The molecule has 0 atom stereocenters. The Bertz CT molecular complexity index is 1800. The van der Waals surface area contributed by atoms with Crippen molar-refractivity contribution in [2.75, 3.05) is 0 Å². The molecule has 14 heteroatoms. The first-order chi connectivity index (χ1) is 21.7. The van der Waals surface area contributed by atoms with Gasteiger partial charge >= 0.3 is 0 Å². The molecule has 0 radical (unpaired) electrons. The number of nitrogens with zero attached hydrogens (tertiary/aromatic N) is 4. The number of hydrogen-bond donors (Lipinski definition) is 0. The Labute approximate surface area is 328 Å². The smallest absolute Gasteiger partial charge is 0.190 e. The fourth-order valence-corrected chi connectivity index (χ4v) is 11.7. The minimum Gasteiger partial charge on any atom is -0.282 e. The molecule has 2 aromatic heterocycles. The number of para-hydroxylation sites is 4. The van der Waals surface area contributed by atoms with Crippen LogP contribution >= 0.6 is 140 Å². The van der Waals surface area contributed by atoms with Crippen molar-refractivity contribution < 1.29 is 0 Å². The second-order valence-corrected chi connectivity index (χ2v) is 15.2. The molecular weight excluding hydrogens is 1120 g/mol. The molecule has 1 aliphatic rings. The second-order valence-electron chi connectivity index (χ2n) is 8.86. The van der Waals surface area contributed by atoms with Crippen molar-refractivity contribution in [1.82, 2.24) is 18.3 Å². The highest BCUT2D eigenvalue weighted by Gasteiger charge is 2.32. The van der Waals surface area contributed by atoms with E-state index in [1.54, 1.807) is 41.2 Å². The molecule has 0 unspecified atom stereocenters. The summed E-state index contributed by atoms with van der Waals surface area (Å²) in [5, 5.41) is 2.12. The van der Waals surface area contributed by atoms with E-state index in [4.69, 9.17) is 24.4 Å². The highest BCUT2D eigenvalue weighted by molar-refractivity contribution is 15.0. The van der Waals surface area contributed by atoms with Gasteiger partial charge < -0.3 is 0 Å². The molecule has 1 aliphatic heterocycles. The van der Waals surface area contributed by atoms with Crippen molar-refractivity contribution in [3.05, 3.63) is 131 Å². The number of halogens is 4. The molecule has 7 rings (SSSR count). The topological polar surface area (TPSA) is 19.7 Å². The number of benzene rings is 4. The molecule has 0 spiro atoms. The first-order valence-electron chi connectivity index (χ1n) is 12.7. The van der Waals surface area contributed by atoms with Crippen LogP contribution in [-0.4, -0.2) is 18.3 Å². The van der Waals surface area contributed by atoms with E-state index in [2.05, 4.69) is 190 Å². The number of hydrogen-bond acceptors (Lipinski definition) is 6. The van der Waals surface area contributed by atoms with E-state index in [0.717, 1.165) is 44.2 Å². The Balaban J connectivity index is 0.000000924. The maximum absolute atomic E-state index is 6.28. The first-order valence-corrected chi connectivity index (χ1v) is 30.9. The maximum atomic E-state index is 6.28. The summed E-state index contributed by atoms with van der Waals surface area (Å²) in [5.74, 6) is 0. The van der Waals surface area contributed by atoms with E-state index in [1.807, 2.05) is 24.3 Å². The average molecular weight is 1140 g/mol. The largest absolute Gasteiger partial charge is 0.282 e. The van der Waals surface area contributed by atoms with E-state index in [0.29, 0.717) is 9.54 Å². The van der Waals surface area contributed by atoms with Gasteiger partial charge in [0.25, 0.3) is 0 Å². The Morgan fingerprint density at radius 2 is 0.636 bits per heavy atom. The Morgan fingerprint density at radius 3 is 0.909 bits per heavy atom. The summed E-state index contributed by atoms with van der Waals surface area (Å²) < 4.78 is 10.2. The Kier molecular flexibility index (Phi) is 14.0. The molecule has 3 heterocycles. The molecule has 44 heavy (non-hydrogen) atoms. The Morgan fingerprint density at radius 1 is 0.386 bits per heavy atom. The molecular formula is C30H20I4N4S6. The lowest BCUT2D eigenvalue weighted by Gasteiger charge is -2.17. The van der Waals surface area contributed by atoms with Crippen molar-refractivity contribution in [2.45, 2.75) is 10.1 Å². The Hall–Kier alpha value is 0.0600. The van der Waals surface area contributed by atoms with Crippen LogP contribution in [0.25, 0.3) is 34.1 Å². The molecule has 0 N–H and O–H groups in total. The number of fused-ring (bicyclic) bond motifs is 3. The third-order valence-corrected chi connectivity index (χ3v) is 13.3. The van der Waals surface area contributed by atoms with Crippen molar-refractivity contribution >= 4 is 140 Å². The zero-order valence-corrected chi connectivity index (χ0v) is 35.8. The molecule has 4 nitrogen and oxygen atoms in total. The SMILES string of the molecule is II.II.S=c1n(-c2ccccc2)c2c(n1-c1ccccc1)-c1c(n(-c3ccccc3)c(=S)n1-c1ccccc1)SSSS2. The summed E-state index contributed by atoms with van der Waals surface area (Å²) in [6, 6.07) is 41.4. The monoisotopic (exact) mass is 1140 g/mol. The fraction of sp³-hybridized carbons (Fsp3) is 0. The van der Waals surface area contributed by atoms with Crippen LogP contribution in [0.1, 0.15) is 0 Å². The van der Waals surface area contributed by atoms with Crippen molar-refractivity contribution in [1.29, 1.82) is 0 Å². The van der Waals surface area contributed by atoms with E-state index in [9.17, 15) is 0 Å². The minimum atomic E-state index is 0.705. The van der Waals surface area contributed by atoms with Crippen LogP contribution in [0.4, 0.5) is 0 Å². The maximum Gasteiger partial charge on any atom is 0.190 e. The molecule has 224 valence electrons. The van der Waals surface area contributed by atoms with E-state index in [-0.39, 0.29) is 0 Å². The van der Waals surface area contributed by atoms with Crippen LogP contribution in [0.2, 0.25) is 0 Å². The lowest BCUT2D eigenvalue weighted by molar-refractivity contribution is 0.914. The van der Waals surface area contributed by atoms with Gasteiger partial charge in [-0.1, -0.05) is 72.8 Å². The standard InChI is InChI=1S/C30H20N4S6.2I2/c35-29-31(21-13-5-1-6-14-21)25-26-28(38-40-39-37-27(25)33(29)23-17-9-3-10-18-23)34(24-19-11-4-12-20-24)30(36)32(26)22-15-7-2-8-16-22;2*1-2/h1-20H;;. The van der Waals surface area contributed by atoms with Gasteiger partial charge in [0.1, 0.15) is 21.4 Å². The van der Waals surface area contributed by atoms with Gasteiger partial charge in [-0.05, 0) is 114 Å². The minimum absolute atomic E-state index is 0.705. The lowest BCUT2D eigenvalue weighted by atomic mass is 10.2. The third kappa shape index (κ3) is 7.23. The average Bonchev–Trinajstić information content (AvgIpc) is 3.54. The molecule has 6 aromatic rings. The van der Waals surface area contributed by atoms with Crippen LogP contribution < -0.4 is 0 Å². The van der Waals surface area contributed by atoms with E-state index < -0.39 is 0 Å². The third-order valence-electron chi connectivity index (χ3n) is 6.56. The first kappa shape index (κ1) is 35.4. The van der Waals surface area contributed by atoms with E-state index in [1.165, 1.54) is 0 Å². The van der Waals surface area contributed by atoms with Gasteiger partial charge in [-0.3, -0.25) is 18.3 Å². The number of imidazole rings is 2. The normalized spacial score (nSPS) is 11.9. The van der Waals surface area contributed by atoms with Crippen molar-refractivity contribution in [2.24, 2.45) is 0 Å². The molecule has 0 fully saturated rings. The zero-order chi connectivity index (χ0) is 31.1. The summed E-state index contributed by atoms with van der Waals surface area (Å²) in [6.07, 6.45) is 0. The second kappa shape index (κ2) is 17.5. The van der Waals surface area contributed by atoms with Gasteiger partial charge in [0.05, 0.1) is 0 Å². The number of aromatic nitrogens is 4. The number of rotatable bonds is 4. The predicted molar refractivity (Wildman–Crippen MR) is 234 cm³/mol. The van der Waals surface area contributed by atoms with Gasteiger partial charge in [-0.15, -0.1) is 0 Å². The van der Waals surface area contributed by atoms with Crippen LogP contribution in [0.5, 0.6) is 0 Å². The summed E-state index contributed by atoms with van der Waals surface area (Å²) in [5.41, 5.74) is 6.10. The molecule has 0 saturated heterocycles. The molecule has 0 saturated carbocycles. The highest BCUT2D eigenvalue weighted by atomic mass is 128. The van der Waals surface area contributed by atoms with Gasteiger partial charge in [0, 0.05) is 97.2 Å². The fourth-order valence-electron chi connectivity index (χ4n) is 4.87. The van der Waals surface area contributed by atoms with Crippen LogP contribution in [0.15, 0.2) is 131 Å². The lowest BCUT2D eigenvalue weighted by Crippen LogP contribution is -2.03. The van der Waals surface area contributed by atoms with Gasteiger partial charge in [0.2, 0.25) is 0 Å². The van der Waals surface area contributed by atoms with E-state index >= 15 is 0 Å². The highest BCUT2D eigenvalue weighted by Crippen LogP contribution is 2.58. The zero-order valence-electron chi connectivity index (χ0n) is 22.3. The summed E-state index contributed by atoms with van der Waals surface area (Å²) in [6.45, 7) is 0.